The van der Waals surface area contributed by atoms with Gasteiger partial charge in [0.1, 0.15) is 19.3 Å². The third-order valence-corrected chi connectivity index (χ3v) is 13.1. The van der Waals surface area contributed by atoms with Crippen molar-refractivity contribution in [3.63, 3.8) is 0 Å². The standard InChI is InChI=1S/C54H105N2O7P/c1-7-10-13-16-19-22-25-28-31-34-37-40-43-46-53(57)55-51(50-62-64(59,60)61-49-48-56(4,5)6)52(45-42-39-36-33-30-27-24-21-18-15-12-9-3)63-54(58)47-44-41-38-35-32-29-26-23-20-17-14-11-8-2/h28,31,42,45,51-52H,7-27,29-30,32-41,43-44,46-50H2,1-6H3,(H-,55,57,59,60)/p+1/b31-28-,45-42+. The average molecular weight is 926 g/mol. The van der Waals surface area contributed by atoms with Crippen LogP contribution in [0.15, 0.2) is 24.3 Å². The fourth-order valence-electron chi connectivity index (χ4n) is 7.88. The van der Waals surface area contributed by atoms with E-state index in [0.717, 1.165) is 70.6 Å². The van der Waals surface area contributed by atoms with Crippen molar-refractivity contribution in [1.82, 2.24) is 5.32 Å². The summed E-state index contributed by atoms with van der Waals surface area (Å²) in [5.41, 5.74) is 0. The largest absolute Gasteiger partial charge is 0.472 e. The van der Waals surface area contributed by atoms with Gasteiger partial charge in [-0.3, -0.25) is 18.6 Å². The number of likely N-dealkylation sites (N-methyl/N-ethyl adjacent to an activating group) is 1. The molecule has 0 aliphatic carbocycles. The predicted molar refractivity (Wildman–Crippen MR) is 273 cm³/mol. The zero-order valence-electron chi connectivity index (χ0n) is 43.0. The molecule has 3 unspecified atom stereocenters. The Hall–Kier alpha value is -1.51. The van der Waals surface area contributed by atoms with Gasteiger partial charge in [-0.1, -0.05) is 212 Å². The number of ether oxygens (including phenoxy) is 1. The predicted octanol–water partition coefficient (Wildman–Crippen LogP) is 15.8. The lowest BCUT2D eigenvalue weighted by atomic mass is 10.0. The lowest BCUT2D eigenvalue weighted by molar-refractivity contribution is -0.870. The van der Waals surface area contributed by atoms with Crippen molar-refractivity contribution in [2.75, 3.05) is 40.9 Å². The molecule has 0 aliphatic heterocycles. The minimum Gasteiger partial charge on any atom is -0.456 e. The van der Waals surface area contributed by atoms with Crippen LogP contribution in [0, 0.1) is 0 Å². The molecule has 9 nitrogen and oxygen atoms in total. The minimum atomic E-state index is -4.44. The van der Waals surface area contributed by atoms with E-state index in [1.807, 2.05) is 33.3 Å². The number of hydrogen-bond acceptors (Lipinski definition) is 6. The summed E-state index contributed by atoms with van der Waals surface area (Å²) in [4.78, 5) is 37.4. The SMILES string of the molecule is CCCCCCCC/C=C\CCCCCC(=O)NC(COP(=O)(O)OCC[N+](C)(C)C)C(/C=C/CCCCCCCCCCCC)OC(=O)CCCCCCCCCCCCCCC. The second-order valence-corrected chi connectivity index (χ2v) is 21.2. The van der Waals surface area contributed by atoms with Gasteiger partial charge in [0.2, 0.25) is 5.91 Å². The molecule has 0 spiro atoms. The Balaban J connectivity index is 5.42. The Labute approximate surface area is 396 Å². The summed E-state index contributed by atoms with van der Waals surface area (Å²) >= 11 is 0. The van der Waals surface area contributed by atoms with Crippen LogP contribution in [-0.2, 0) is 27.9 Å². The van der Waals surface area contributed by atoms with Crippen LogP contribution in [0.1, 0.15) is 258 Å². The third-order valence-electron chi connectivity index (χ3n) is 12.1. The normalized spacial score (nSPS) is 14.0. The first-order chi connectivity index (χ1) is 30.9. The highest BCUT2D eigenvalue weighted by molar-refractivity contribution is 7.47. The number of quaternary nitrogens is 1. The highest BCUT2D eigenvalue weighted by Gasteiger charge is 2.30. The zero-order valence-corrected chi connectivity index (χ0v) is 43.9. The first kappa shape index (κ1) is 62.5. The summed E-state index contributed by atoms with van der Waals surface area (Å²) in [5, 5.41) is 3.03. The van der Waals surface area contributed by atoms with Crippen molar-refractivity contribution in [2.24, 2.45) is 0 Å². The first-order valence-electron chi connectivity index (χ1n) is 27.2. The van der Waals surface area contributed by atoms with Gasteiger partial charge in [0.25, 0.3) is 0 Å². The molecule has 0 rings (SSSR count). The highest BCUT2D eigenvalue weighted by atomic mass is 31.2. The molecule has 0 saturated heterocycles. The van der Waals surface area contributed by atoms with Crippen LogP contribution in [0.3, 0.4) is 0 Å². The minimum absolute atomic E-state index is 0.0405. The second kappa shape index (κ2) is 45.3. The number of hydrogen-bond donors (Lipinski definition) is 2. The van der Waals surface area contributed by atoms with Crippen molar-refractivity contribution in [3.8, 4) is 0 Å². The molecule has 0 aromatic carbocycles. The Morgan fingerprint density at radius 2 is 0.906 bits per heavy atom. The molecule has 64 heavy (non-hydrogen) atoms. The van der Waals surface area contributed by atoms with E-state index in [1.54, 1.807) is 0 Å². The zero-order chi connectivity index (χ0) is 47.3. The summed E-state index contributed by atoms with van der Waals surface area (Å²) in [6, 6.07) is -0.848. The molecule has 0 aromatic rings. The van der Waals surface area contributed by atoms with Gasteiger partial charge in [-0.05, 0) is 57.4 Å². The van der Waals surface area contributed by atoms with Crippen molar-refractivity contribution in [2.45, 2.75) is 270 Å². The molecule has 0 saturated carbocycles. The number of phosphoric ester groups is 1. The molecule has 0 radical (unpaired) electrons. The molecule has 2 N–H and O–H groups in total. The quantitative estimate of drug-likeness (QED) is 0.0205. The fraction of sp³-hybridized carbons (Fsp3) is 0.889. The molecule has 0 aliphatic rings. The monoisotopic (exact) mass is 926 g/mol. The van der Waals surface area contributed by atoms with E-state index < -0.39 is 20.0 Å². The van der Waals surface area contributed by atoms with Gasteiger partial charge in [0.15, 0.2) is 0 Å². The Morgan fingerprint density at radius 1 is 0.531 bits per heavy atom. The summed E-state index contributed by atoms with van der Waals surface area (Å²) in [6.45, 7) is 7.00. The van der Waals surface area contributed by atoms with Crippen LogP contribution in [0.4, 0.5) is 0 Å². The number of amides is 1. The van der Waals surface area contributed by atoms with E-state index in [0.29, 0.717) is 23.9 Å². The van der Waals surface area contributed by atoms with E-state index in [9.17, 15) is 19.0 Å². The van der Waals surface area contributed by atoms with Crippen LogP contribution in [0.2, 0.25) is 0 Å². The summed E-state index contributed by atoms with van der Waals surface area (Å²) in [7, 11) is 1.50. The molecular formula is C54H106N2O7P+. The van der Waals surface area contributed by atoms with E-state index in [1.165, 1.54) is 154 Å². The van der Waals surface area contributed by atoms with Gasteiger partial charge in [-0.15, -0.1) is 0 Å². The van der Waals surface area contributed by atoms with Crippen molar-refractivity contribution >= 4 is 19.7 Å². The Kier molecular flexibility index (Phi) is 44.2. The average Bonchev–Trinajstić information content (AvgIpc) is 3.25. The van der Waals surface area contributed by atoms with Crippen LogP contribution < -0.4 is 5.32 Å². The van der Waals surface area contributed by atoms with Crippen LogP contribution in [-0.4, -0.2) is 74.3 Å². The number of rotatable bonds is 49. The second-order valence-electron chi connectivity index (χ2n) is 19.8. The van der Waals surface area contributed by atoms with Gasteiger partial charge in [0, 0.05) is 12.8 Å². The summed E-state index contributed by atoms with van der Waals surface area (Å²) in [5.74, 6) is -0.515. The van der Waals surface area contributed by atoms with Gasteiger partial charge < -0.3 is 19.4 Å². The molecule has 0 fully saturated rings. The Morgan fingerprint density at radius 3 is 1.34 bits per heavy atom. The maximum atomic E-state index is 13.4. The van der Waals surface area contributed by atoms with Gasteiger partial charge in [-0.25, -0.2) is 4.57 Å². The topological polar surface area (TPSA) is 111 Å². The van der Waals surface area contributed by atoms with Gasteiger partial charge in [-0.2, -0.15) is 0 Å². The number of esters is 1. The van der Waals surface area contributed by atoms with Crippen LogP contribution in [0.25, 0.3) is 0 Å². The van der Waals surface area contributed by atoms with E-state index in [-0.39, 0.29) is 25.1 Å². The summed E-state index contributed by atoms with van der Waals surface area (Å²) in [6.07, 6.45) is 50.2. The third kappa shape index (κ3) is 45.6. The molecule has 3 atom stereocenters. The molecular weight excluding hydrogens is 820 g/mol. The number of allylic oxidation sites excluding steroid dienone is 3. The highest BCUT2D eigenvalue weighted by Crippen LogP contribution is 2.43. The maximum absolute atomic E-state index is 13.4. The lowest BCUT2D eigenvalue weighted by Gasteiger charge is -2.27. The lowest BCUT2D eigenvalue weighted by Crippen LogP contribution is -2.47. The number of carbonyl (C=O) groups excluding carboxylic acids is 2. The smallest absolute Gasteiger partial charge is 0.456 e. The van der Waals surface area contributed by atoms with Crippen molar-refractivity contribution in [1.29, 1.82) is 0 Å². The van der Waals surface area contributed by atoms with Gasteiger partial charge in [0.05, 0.1) is 33.8 Å². The molecule has 0 heterocycles. The number of phosphoric acid groups is 1. The van der Waals surface area contributed by atoms with Crippen LogP contribution in [0.5, 0.6) is 0 Å². The van der Waals surface area contributed by atoms with Crippen molar-refractivity contribution < 1.29 is 37.3 Å². The fourth-order valence-corrected chi connectivity index (χ4v) is 8.61. The van der Waals surface area contributed by atoms with E-state index in [2.05, 4.69) is 38.2 Å². The van der Waals surface area contributed by atoms with Gasteiger partial charge >= 0.3 is 13.8 Å². The number of carbonyl (C=O) groups is 2. The number of unbranched alkanes of at least 4 members (excludes halogenated alkanes) is 31. The first-order valence-corrected chi connectivity index (χ1v) is 28.7. The van der Waals surface area contributed by atoms with Crippen molar-refractivity contribution in [3.05, 3.63) is 24.3 Å². The van der Waals surface area contributed by atoms with E-state index >= 15 is 0 Å². The Bertz CT molecular complexity index is 1160. The summed E-state index contributed by atoms with van der Waals surface area (Å²) < 4.78 is 30.5. The molecule has 0 bridgehead atoms. The molecule has 10 heteroatoms. The maximum Gasteiger partial charge on any atom is 0.472 e. The van der Waals surface area contributed by atoms with E-state index in [4.69, 9.17) is 13.8 Å². The molecule has 0 aromatic heterocycles. The number of nitrogens with one attached hydrogen (secondary N) is 1. The van der Waals surface area contributed by atoms with Crippen LogP contribution >= 0.6 is 7.82 Å². The molecule has 378 valence electrons. The number of nitrogens with zero attached hydrogens (tertiary/aromatic N) is 1. The molecule has 1 amide bonds.